The van der Waals surface area contributed by atoms with Crippen molar-refractivity contribution >= 4 is 0 Å². The van der Waals surface area contributed by atoms with Gasteiger partial charge in [-0.1, -0.05) is 37.3 Å². The Labute approximate surface area is 85.6 Å². The molecule has 0 aliphatic heterocycles. The lowest BCUT2D eigenvalue weighted by Crippen LogP contribution is -2.20. The van der Waals surface area contributed by atoms with Crippen molar-refractivity contribution in [2.75, 3.05) is 6.54 Å². The van der Waals surface area contributed by atoms with E-state index in [1.807, 2.05) is 18.2 Å². The normalized spacial score (nSPS) is 12.0. The van der Waals surface area contributed by atoms with Crippen LogP contribution in [0.2, 0.25) is 0 Å². The van der Waals surface area contributed by atoms with Gasteiger partial charge < -0.3 is 5.32 Å². The first-order valence-corrected chi connectivity index (χ1v) is 5.03. The smallest absolute Gasteiger partial charge is 0.0622 e. The Morgan fingerprint density at radius 3 is 2.64 bits per heavy atom. The van der Waals surface area contributed by atoms with Crippen LogP contribution in [0.5, 0.6) is 0 Å². The Morgan fingerprint density at radius 2 is 2.07 bits per heavy atom. The molecule has 1 aromatic carbocycles. The monoisotopic (exact) mass is 188 g/mol. The summed E-state index contributed by atoms with van der Waals surface area (Å²) in [6.07, 6.45) is 1.49. The molecule has 0 aliphatic carbocycles. The molecule has 1 N–H and O–H groups in total. The van der Waals surface area contributed by atoms with Crippen LogP contribution in [-0.2, 0) is 0 Å². The molecule has 1 aromatic rings. The van der Waals surface area contributed by atoms with E-state index in [1.165, 1.54) is 5.56 Å². The van der Waals surface area contributed by atoms with Crippen molar-refractivity contribution in [1.82, 2.24) is 5.32 Å². The minimum atomic E-state index is 0.320. The molecule has 1 atom stereocenters. The van der Waals surface area contributed by atoms with Crippen LogP contribution in [0.4, 0.5) is 0 Å². The van der Waals surface area contributed by atoms with E-state index in [4.69, 9.17) is 5.26 Å². The van der Waals surface area contributed by atoms with Crippen LogP contribution in [0.25, 0.3) is 0 Å². The van der Waals surface area contributed by atoms with Gasteiger partial charge in [0.1, 0.15) is 0 Å². The molecule has 0 bridgehead atoms. The number of hydrogen-bond acceptors (Lipinski definition) is 2. The molecule has 0 spiro atoms. The van der Waals surface area contributed by atoms with E-state index in [0.29, 0.717) is 12.5 Å². The number of nitriles is 1. The topological polar surface area (TPSA) is 35.8 Å². The van der Waals surface area contributed by atoms with Gasteiger partial charge in [0.15, 0.2) is 0 Å². The fourth-order valence-electron chi connectivity index (χ4n) is 1.53. The predicted molar refractivity (Wildman–Crippen MR) is 57.7 cm³/mol. The van der Waals surface area contributed by atoms with E-state index in [1.54, 1.807) is 0 Å². The van der Waals surface area contributed by atoms with Crippen LogP contribution in [0.3, 0.4) is 0 Å². The second-order valence-electron chi connectivity index (χ2n) is 3.22. The van der Waals surface area contributed by atoms with E-state index < -0.39 is 0 Å². The highest BCUT2D eigenvalue weighted by atomic mass is 14.9. The summed E-state index contributed by atoms with van der Waals surface area (Å²) >= 11 is 0. The van der Waals surface area contributed by atoms with Crippen LogP contribution in [0.15, 0.2) is 30.3 Å². The van der Waals surface area contributed by atoms with E-state index in [2.05, 4.69) is 30.4 Å². The summed E-state index contributed by atoms with van der Waals surface area (Å²) < 4.78 is 0. The molecule has 1 rings (SSSR count). The van der Waals surface area contributed by atoms with E-state index in [9.17, 15) is 0 Å². The summed E-state index contributed by atoms with van der Waals surface area (Å²) in [5, 5.41) is 11.9. The molecule has 1 unspecified atom stereocenters. The van der Waals surface area contributed by atoms with Crippen LogP contribution >= 0.6 is 0 Å². The minimum absolute atomic E-state index is 0.320. The summed E-state index contributed by atoms with van der Waals surface area (Å²) in [5.74, 6) is 0. The zero-order valence-corrected chi connectivity index (χ0v) is 8.53. The molecular formula is C12H16N2. The minimum Gasteiger partial charge on any atom is -0.310 e. The van der Waals surface area contributed by atoms with E-state index in [0.717, 1.165) is 13.0 Å². The lowest BCUT2D eigenvalue weighted by molar-refractivity contribution is 0.521. The van der Waals surface area contributed by atoms with Gasteiger partial charge in [0, 0.05) is 12.5 Å². The summed E-state index contributed by atoms with van der Waals surface area (Å²) in [4.78, 5) is 0. The van der Waals surface area contributed by atoms with Gasteiger partial charge >= 0.3 is 0 Å². The van der Waals surface area contributed by atoms with Gasteiger partial charge in [-0.3, -0.25) is 0 Å². The SMILES string of the molecule is CCNC(CCC#N)c1ccccc1. The van der Waals surface area contributed by atoms with Gasteiger partial charge in [0.25, 0.3) is 0 Å². The van der Waals surface area contributed by atoms with Gasteiger partial charge in [0.05, 0.1) is 6.07 Å². The second-order valence-corrected chi connectivity index (χ2v) is 3.22. The Hall–Kier alpha value is -1.33. The molecular weight excluding hydrogens is 172 g/mol. The summed E-state index contributed by atoms with van der Waals surface area (Å²) in [6, 6.07) is 12.8. The molecule has 2 nitrogen and oxygen atoms in total. The molecule has 0 fully saturated rings. The second kappa shape index (κ2) is 6.17. The maximum Gasteiger partial charge on any atom is 0.0622 e. The van der Waals surface area contributed by atoms with Crippen LogP contribution in [0.1, 0.15) is 31.4 Å². The molecule has 14 heavy (non-hydrogen) atoms. The van der Waals surface area contributed by atoms with Crippen molar-refractivity contribution in [3.8, 4) is 6.07 Å². The average Bonchev–Trinajstić information content (AvgIpc) is 2.25. The number of rotatable bonds is 5. The van der Waals surface area contributed by atoms with Crippen LogP contribution < -0.4 is 5.32 Å². The van der Waals surface area contributed by atoms with Crippen molar-refractivity contribution in [2.24, 2.45) is 0 Å². The number of benzene rings is 1. The highest BCUT2D eigenvalue weighted by molar-refractivity contribution is 5.18. The molecule has 0 amide bonds. The first-order valence-electron chi connectivity index (χ1n) is 5.03. The fraction of sp³-hybridized carbons (Fsp3) is 0.417. The van der Waals surface area contributed by atoms with Gasteiger partial charge in [-0.15, -0.1) is 0 Å². The molecule has 2 heteroatoms. The number of nitrogens with one attached hydrogen (secondary N) is 1. The van der Waals surface area contributed by atoms with Crippen molar-refractivity contribution < 1.29 is 0 Å². The standard InChI is InChI=1S/C12H16N2/c1-2-14-12(9-6-10-13)11-7-4-3-5-8-11/h3-5,7-8,12,14H,2,6,9H2,1H3. The summed E-state index contributed by atoms with van der Waals surface area (Å²) in [6.45, 7) is 3.02. The molecule has 0 aliphatic rings. The third-order valence-corrected chi connectivity index (χ3v) is 2.20. The Morgan fingerprint density at radius 1 is 1.36 bits per heavy atom. The van der Waals surface area contributed by atoms with Crippen molar-refractivity contribution in [3.63, 3.8) is 0 Å². The molecule has 0 heterocycles. The maximum absolute atomic E-state index is 8.55. The average molecular weight is 188 g/mol. The highest BCUT2D eigenvalue weighted by Gasteiger charge is 2.08. The first-order chi connectivity index (χ1) is 6.88. The molecule has 0 saturated carbocycles. The third kappa shape index (κ3) is 3.20. The van der Waals surface area contributed by atoms with E-state index in [-0.39, 0.29) is 0 Å². The molecule has 0 saturated heterocycles. The van der Waals surface area contributed by atoms with Crippen LogP contribution in [-0.4, -0.2) is 6.54 Å². The van der Waals surface area contributed by atoms with Gasteiger partial charge in [-0.05, 0) is 18.5 Å². The lowest BCUT2D eigenvalue weighted by atomic mass is 10.0. The quantitative estimate of drug-likeness (QED) is 0.771. The first kappa shape index (κ1) is 10.7. The number of hydrogen-bond donors (Lipinski definition) is 1. The largest absolute Gasteiger partial charge is 0.310 e. The highest BCUT2D eigenvalue weighted by Crippen LogP contribution is 2.17. The Bertz CT molecular complexity index is 287. The predicted octanol–water partition coefficient (Wildman–Crippen LogP) is 2.64. The molecule has 0 aromatic heterocycles. The Balaban J connectivity index is 2.63. The molecule has 74 valence electrons. The van der Waals surface area contributed by atoms with Crippen molar-refractivity contribution in [1.29, 1.82) is 5.26 Å². The van der Waals surface area contributed by atoms with E-state index >= 15 is 0 Å². The Kier molecular flexibility index (Phi) is 4.74. The molecule has 0 radical (unpaired) electrons. The number of nitrogens with zero attached hydrogens (tertiary/aromatic N) is 1. The third-order valence-electron chi connectivity index (χ3n) is 2.20. The van der Waals surface area contributed by atoms with Crippen LogP contribution in [0, 0.1) is 11.3 Å². The van der Waals surface area contributed by atoms with Crippen molar-refractivity contribution in [3.05, 3.63) is 35.9 Å². The summed E-state index contributed by atoms with van der Waals surface area (Å²) in [7, 11) is 0. The lowest BCUT2D eigenvalue weighted by Gasteiger charge is -2.16. The zero-order chi connectivity index (χ0) is 10.2. The summed E-state index contributed by atoms with van der Waals surface area (Å²) in [5.41, 5.74) is 1.27. The van der Waals surface area contributed by atoms with Gasteiger partial charge in [0.2, 0.25) is 0 Å². The fourth-order valence-corrected chi connectivity index (χ4v) is 1.53. The zero-order valence-electron chi connectivity index (χ0n) is 8.53. The maximum atomic E-state index is 8.55. The van der Waals surface area contributed by atoms with Gasteiger partial charge in [-0.25, -0.2) is 0 Å². The van der Waals surface area contributed by atoms with Gasteiger partial charge in [-0.2, -0.15) is 5.26 Å². The van der Waals surface area contributed by atoms with Crippen molar-refractivity contribution in [2.45, 2.75) is 25.8 Å².